The minimum Gasteiger partial charge on any atom is -0.478 e. The fraction of sp³-hybridized carbons (Fsp3) is 0. The summed E-state index contributed by atoms with van der Waals surface area (Å²) in [6.07, 6.45) is 3.09. The summed E-state index contributed by atoms with van der Waals surface area (Å²) in [6.45, 7) is 0. The molecule has 0 aliphatic carbocycles. The van der Waals surface area contributed by atoms with Gasteiger partial charge in [-0.2, -0.15) is 0 Å². The van der Waals surface area contributed by atoms with Gasteiger partial charge in [0.15, 0.2) is 6.29 Å². The smallest absolute Gasteiger partial charge is 0.328 e. The zero-order valence-corrected chi connectivity index (χ0v) is 6.81. The minimum atomic E-state index is -1.03. The molecule has 0 bridgehead atoms. The molecule has 0 heterocycles. The molecule has 0 atom stereocenters. The molecule has 0 unspecified atom stereocenters. The molecule has 0 saturated heterocycles. The van der Waals surface area contributed by atoms with E-state index in [-0.39, 0.29) is 0 Å². The summed E-state index contributed by atoms with van der Waals surface area (Å²) < 4.78 is 0. The Bertz CT molecular complexity index is 353. The van der Waals surface area contributed by atoms with E-state index in [0.29, 0.717) is 17.4 Å². The van der Waals surface area contributed by atoms with Gasteiger partial charge < -0.3 is 5.11 Å². The van der Waals surface area contributed by atoms with Crippen LogP contribution in [0.5, 0.6) is 0 Å². The lowest BCUT2D eigenvalue weighted by Gasteiger charge is -1.95. The van der Waals surface area contributed by atoms with Crippen molar-refractivity contribution in [2.24, 2.45) is 0 Å². The van der Waals surface area contributed by atoms with Crippen LogP contribution in [0.3, 0.4) is 0 Å². The molecule has 1 N–H and O–H groups in total. The number of hydrogen-bond acceptors (Lipinski definition) is 2. The second-order valence-corrected chi connectivity index (χ2v) is 2.42. The monoisotopic (exact) mass is 176 g/mol. The lowest BCUT2D eigenvalue weighted by Crippen LogP contribution is -1.88. The van der Waals surface area contributed by atoms with Crippen molar-refractivity contribution in [3.63, 3.8) is 0 Å². The van der Waals surface area contributed by atoms with E-state index in [1.807, 2.05) is 0 Å². The molecule has 0 aliphatic rings. The average Bonchev–Trinajstić information content (AvgIpc) is 2.15. The van der Waals surface area contributed by atoms with E-state index >= 15 is 0 Å². The van der Waals surface area contributed by atoms with Crippen LogP contribution in [0.4, 0.5) is 0 Å². The van der Waals surface area contributed by atoms with E-state index in [4.69, 9.17) is 5.11 Å². The number of carboxylic acid groups (broad SMARTS) is 1. The lowest BCUT2D eigenvalue weighted by atomic mass is 10.1. The number of rotatable bonds is 3. The predicted molar refractivity (Wildman–Crippen MR) is 48.5 cm³/mol. The maximum atomic E-state index is 10.5. The SMILES string of the molecule is O=Cc1ccccc1/C=C/C(=O)O. The summed E-state index contributed by atoms with van der Waals surface area (Å²) in [7, 11) is 0. The molecule has 0 fully saturated rings. The van der Waals surface area contributed by atoms with Gasteiger partial charge in [0.25, 0.3) is 0 Å². The van der Waals surface area contributed by atoms with Gasteiger partial charge in [-0.3, -0.25) is 4.79 Å². The summed E-state index contributed by atoms with van der Waals surface area (Å²) in [6, 6.07) is 6.79. The Kier molecular flexibility index (Phi) is 2.97. The Morgan fingerprint density at radius 1 is 1.23 bits per heavy atom. The van der Waals surface area contributed by atoms with Crippen LogP contribution in [0.15, 0.2) is 30.3 Å². The molecule has 1 aromatic carbocycles. The van der Waals surface area contributed by atoms with Crippen LogP contribution in [0, 0.1) is 0 Å². The molecule has 0 amide bonds. The van der Waals surface area contributed by atoms with Gasteiger partial charge in [-0.25, -0.2) is 4.79 Å². The Hall–Kier alpha value is -1.90. The van der Waals surface area contributed by atoms with Crippen molar-refractivity contribution in [2.45, 2.75) is 0 Å². The van der Waals surface area contributed by atoms with Crippen molar-refractivity contribution >= 4 is 18.3 Å². The molecular formula is C10H8O3. The van der Waals surface area contributed by atoms with Crippen molar-refractivity contribution in [1.29, 1.82) is 0 Å². The summed E-state index contributed by atoms with van der Waals surface area (Å²) in [5.41, 5.74) is 1.10. The second kappa shape index (κ2) is 4.21. The van der Waals surface area contributed by atoms with Gasteiger partial charge in [0.05, 0.1) is 0 Å². The predicted octanol–water partition coefficient (Wildman–Crippen LogP) is 1.60. The summed E-state index contributed by atoms with van der Waals surface area (Å²) in [5, 5.41) is 8.36. The lowest BCUT2D eigenvalue weighted by molar-refractivity contribution is -0.131. The van der Waals surface area contributed by atoms with Gasteiger partial charge in [0.1, 0.15) is 0 Å². The topological polar surface area (TPSA) is 54.4 Å². The third-order valence-corrected chi connectivity index (χ3v) is 1.53. The highest BCUT2D eigenvalue weighted by molar-refractivity contribution is 5.88. The normalized spacial score (nSPS) is 10.2. The molecular weight excluding hydrogens is 168 g/mol. The highest BCUT2D eigenvalue weighted by atomic mass is 16.4. The standard InChI is InChI=1S/C10H8O3/c11-7-9-4-2-1-3-8(9)5-6-10(12)13/h1-7H,(H,12,13)/b6-5+. The van der Waals surface area contributed by atoms with Crippen molar-refractivity contribution in [3.05, 3.63) is 41.5 Å². The number of carbonyl (C=O) groups excluding carboxylic acids is 1. The van der Waals surface area contributed by atoms with Crippen molar-refractivity contribution < 1.29 is 14.7 Å². The highest BCUT2D eigenvalue weighted by Gasteiger charge is 1.95. The Morgan fingerprint density at radius 3 is 2.38 bits per heavy atom. The molecule has 0 spiro atoms. The van der Waals surface area contributed by atoms with Crippen LogP contribution in [0.25, 0.3) is 6.08 Å². The summed E-state index contributed by atoms with van der Waals surface area (Å²) >= 11 is 0. The average molecular weight is 176 g/mol. The van der Waals surface area contributed by atoms with Crippen molar-refractivity contribution in [2.75, 3.05) is 0 Å². The first-order valence-corrected chi connectivity index (χ1v) is 3.69. The molecule has 3 nitrogen and oxygen atoms in total. The quantitative estimate of drug-likeness (QED) is 0.562. The van der Waals surface area contributed by atoms with Gasteiger partial charge in [0, 0.05) is 11.6 Å². The first-order valence-electron chi connectivity index (χ1n) is 3.69. The zero-order chi connectivity index (χ0) is 9.68. The third kappa shape index (κ3) is 2.56. The fourth-order valence-corrected chi connectivity index (χ4v) is 0.931. The molecule has 0 radical (unpaired) electrons. The molecule has 0 aromatic heterocycles. The van der Waals surface area contributed by atoms with Gasteiger partial charge in [-0.05, 0) is 11.6 Å². The highest BCUT2D eigenvalue weighted by Crippen LogP contribution is 2.07. The molecule has 3 heteroatoms. The van der Waals surface area contributed by atoms with E-state index in [9.17, 15) is 9.59 Å². The van der Waals surface area contributed by atoms with Crippen molar-refractivity contribution in [1.82, 2.24) is 0 Å². The molecule has 0 saturated carbocycles. The van der Waals surface area contributed by atoms with E-state index in [0.717, 1.165) is 6.08 Å². The largest absolute Gasteiger partial charge is 0.478 e. The molecule has 1 rings (SSSR count). The second-order valence-electron chi connectivity index (χ2n) is 2.42. The van der Waals surface area contributed by atoms with Crippen LogP contribution in [0.2, 0.25) is 0 Å². The number of aldehydes is 1. The maximum Gasteiger partial charge on any atom is 0.328 e. The van der Waals surface area contributed by atoms with Crippen LogP contribution in [0.1, 0.15) is 15.9 Å². The van der Waals surface area contributed by atoms with E-state index in [2.05, 4.69) is 0 Å². The Morgan fingerprint density at radius 2 is 1.85 bits per heavy atom. The van der Waals surface area contributed by atoms with Crippen molar-refractivity contribution in [3.8, 4) is 0 Å². The summed E-state index contributed by atoms with van der Waals surface area (Å²) in [4.78, 5) is 20.7. The first kappa shape index (κ1) is 9.19. The van der Waals surface area contributed by atoms with Gasteiger partial charge in [-0.1, -0.05) is 24.3 Å². The Balaban J connectivity index is 3.00. The third-order valence-electron chi connectivity index (χ3n) is 1.53. The number of benzene rings is 1. The minimum absolute atomic E-state index is 0.486. The molecule has 66 valence electrons. The van der Waals surface area contributed by atoms with Gasteiger partial charge in [0.2, 0.25) is 0 Å². The zero-order valence-electron chi connectivity index (χ0n) is 6.81. The van der Waals surface area contributed by atoms with E-state index in [1.165, 1.54) is 6.08 Å². The first-order chi connectivity index (χ1) is 6.24. The van der Waals surface area contributed by atoms with Crippen LogP contribution >= 0.6 is 0 Å². The number of carboxylic acids is 1. The molecule has 1 aromatic rings. The fourth-order valence-electron chi connectivity index (χ4n) is 0.931. The van der Waals surface area contributed by atoms with Crippen LogP contribution in [-0.4, -0.2) is 17.4 Å². The number of hydrogen-bond donors (Lipinski definition) is 1. The Labute approximate surface area is 75.3 Å². The summed E-state index contributed by atoms with van der Waals surface area (Å²) in [5.74, 6) is -1.03. The van der Waals surface area contributed by atoms with Gasteiger partial charge >= 0.3 is 5.97 Å². The van der Waals surface area contributed by atoms with Gasteiger partial charge in [-0.15, -0.1) is 0 Å². The molecule has 0 aliphatic heterocycles. The van der Waals surface area contributed by atoms with Crippen LogP contribution in [-0.2, 0) is 4.79 Å². The molecule has 13 heavy (non-hydrogen) atoms. The number of carbonyl (C=O) groups is 2. The van der Waals surface area contributed by atoms with E-state index in [1.54, 1.807) is 24.3 Å². The maximum absolute atomic E-state index is 10.5. The number of aliphatic carboxylic acids is 1. The van der Waals surface area contributed by atoms with Crippen LogP contribution < -0.4 is 0 Å². The van der Waals surface area contributed by atoms with E-state index < -0.39 is 5.97 Å².